The van der Waals surface area contributed by atoms with E-state index in [0.29, 0.717) is 5.11 Å². The Morgan fingerprint density at radius 2 is 1.84 bits per heavy atom. The largest absolute Gasteiger partial charge is 0.351 e. The first-order valence-corrected chi connectivity index (χ1v) is 12.9. The minimum atomic E-state index is -0.146. The molecule has 2 aromatic heterocycles. The maximum absolute atomic E-state index is 12.3. The van der Waals surface area contributed by atoms with E-state index in [-0.39, 0.29) is 23.9 Å². The number of rotatable bonds is 6. The van der Waals surface area contributed by atoms with Crippen LogP contribution in [0.1, 0.15) is 48.4 Å². The SMILES string of the molecule is Cc1cccc(-n2cccc2[C@H]2[C@H](c3ccccn3)NC(=S)N2c2ccc(NC(=O)C(C)C)c(C)c2)c1. The van der Waals surface area contributed by atoms with Crippen molar-refractivity contribution in [2.45, 2.75) is 39.8 Å². The first-order chi connectivity index (χ1) is 17.8. The van der Waals surface area contributed by atoms with Crippen LogP contribution in [0.4, 0.5) is 11.4 Å². The molecule has 1 fully saturated rings. The van der Waals surface area contributed by atoms with Crippen LogP contribution in [0.2, 0.25) is 0 Å². The van der Waals surface area contributed by atoms with E-state index >= 15 is 0 Å². The lowest BCUT2D eigenvalue weighted by molar-refractivity contribution is -0.118. The van der Waals surface area contributed by atoms with Gasteiger partial charge in [0.25, 0.3) is 0 Å². The number of hydrogen-bond acceptors (Lipinski definition) is 3. The van der Waals surface area contributed by atoms with Crippen LogP contribution in [0.25, 0.3) is 5.69 Å². The first kappa shape index (κ1) is 24.7. The van der Waals surface area contributed by atoms with E-state index in [2.05, 4.69) is 80.7 Å². The molecule has 0 aliphatic carbocycles. The summed E-state index contributed by atoms with van der Waals surface area (Å²) in [7, 11) is 0. The number of benzene rings is 2. The summed E-state index contributed by atoms with van der Waals surface area (Å²) in [5, 5.41) is 7.20. The van der Waals surface area contributed by atoms with Crippen LogP contribution in [0.15, 0.2) is 85.2 Å². The number of carbonyl (C=O) groups is 1. The second kappa shape index (κ2) is 10.2. The van der Waals surface area contributed by atoms with Gasteiger partial charge in [-0.15, -0.1) is 0 Å². The molecule has 2 atom stereocenters. The first-order valence-electron chi connectivity index (χ1n) is 12.5. The second-order valence-corrected chi connectivity index (χ2v) is 10.2. The second-order valence-electron chi connectivity index (χ2n) is 9.78. The normalized spacial score (nSPS) is 17.2. The fourth-order valence-corrected chi connectivity index (χ4v) is 5.14. The summed E-state index contributed by atoms with van der Waals surface area (Å²) in [5.41, 5.74) is 7.06. The Morgan fingerprint density at radius 3 is 2.54 bits per heavy atom. The van der Waals surface area contributed by atoms with Crippen molar-refractivity contribution in [3.63, 3.8) is 0 Å². The number of anilines is 2. The molecule has 188 valence electrons. The topological polar surface area (TPSA) is 62.2 Å². The molecule has 2 N–H and O–H groups in total. The van der Waals surface area contributed by atoms with Gasteiger partial charge in [-0.2, -0.15) is 0 Å². The molecule has 5 rings (SSSR count). The Morgan fingerprint density at radius 1 is 1.00 bits per heavy atom. The molecule has 1 saturated heterocycles. The monoisotopic (exact) mass is 509 g/mol. The third-order valence-electron chi connectivity index (χ3n) is 6.73. The number of nitrogens with zero attached hydrogens (tertiary/aromatic N) is 3. The number of aryl methyl sites for hydroxylation is 2. The lowest BCUT2D eigenvalue weighted by Crippen LogP contribution is -2.30. The van der Waals surface area contributed by atoms with Gasteiger partial charge in [-0.1, -0.05) is 32.0 Å². The van der Waals surface area contributed by atoms with Gasteiger partial charge < -0.3 is 20.1 Å². The Kier molecular flexibility index (Phi) is 6.80. The van der Waals surface area contributed by atoms with Crippen LogP contribution in [-0.4, -0.2) is 20.6 Å². The molecule has 4 aromatic rings. The van der Waals surface area contributed by atoms with Gasteiger partial charge in [0, 0.05) is 41.1 Å². The fourth-order valence-electron chi connectivity index (χ4n) is 4.80. The van der Waals surface area contributed by atoms with Crippen molar-refractivity contribution in [1.82, 2.24) is 14.9 Å². The van der Waals surface area contributed by atoms with Crippen LogP contribution >= 0.6 is 12.2 Å². The molecule has 3 heterocycles. The molecule has 37 heavy (non-hydrogen) atoms. The molecule has 0 spiro atoms. The van der Waals surface area contributed by atoms with E-state index in [1.165, 1.54) is 5.56 Å². The minimum Gasteiger partial charge on any atom is -0.351 e. The van der Waals surface area contributed by atoms with Crippen molar-refractivity contribution < 1.29 is 4.79 Å². The number of thiocarbonyl (C=S) groups is 1. The molecule has 0 radical (unpaired) electrons. The van der Waals surface area contributed by atoms with Gasteiger partial charge in [-0.3, -0.25) is 9.78 Å². The van der Waals surface area contributed by atoms with Gasteiger partial charge in [0.15, 0.2) is 5.11 Å². The molecule has 1 aliphatic heterocycles. The lowest BCUT2D eigenvalue weighted by Gasteiger charge is -2.29. The summed E-state index contributed by atoms with van der Waals surface area (Å²) < 4.78 is 2.22. The predicted octanol–water partition coefficient (Wildman–Crippen LogP) is 6.26. The maximum atomic E-state index is 12.3. The summed E-state index contributed by atoms with van der Waals surface area (Å²) in [4.78, 5) is 19.1. The molecule has 0 bridgehead atoms. The molecular formula is C30H31N5OS. The molecular weight excluding hydrogens is 478 g/mol. The van der Waals surface area contributed by atoms with Gasteiger partial charge in [-0.05, 0) is 91.8 Å². The Balaban J connectivity index is 1.60. The fraction of sp³-hybridized carbons (Fsp3) is 0.233. The molecule has 6 nitrogen and oxygen atoms in total. The van der Waals surface area contributed by atoms with E-state index in [1.807, 2.05) is 57.3 Å². The summed E-state index contributed by atoms with van der Waals surface area (Å²) in [6.45, 7) is 7.88. The van der Waals surface area contributed by atoms with Gasteiger partial charge >= 0.3 is 0 Å². The van der Waals surface area contributed by atoms with Crippen LogP contribution in [0, 0.1) is 19.8 Å². The minimum absolute atomic E-state index is 0.00159. The van der Waals surface area contributed by atoms with Crippen LogP contribution < -0.4 is 15.5 Å². The number of amides is 1. The maximum Gasteiger partial charge on any atom is 0.226 e. The average Bonchev–Trinajstić information content (AvgIpc) is 3.50. The summed E-state index contributed by atoms with van der Waals surface area (Å²) in [6.07, 6.45) is 3.91. The van der Waals surface area contributed by atoms with Crippen molar-refractivity contribution in [2.24, 2.45) is 5.92 Å². The summed E-state index contributed by atoms with van der Waals surface area (Å²) in [5.74, 6) is -0.0920. The Bertz CT molecular complexity index is 1450. The average molecular weight is 510 g/mol. The number of pyridine rings is 1. The van der Waals surface area contributed by atoms with E-state index in [1.54, 1.807) is 0 Å². The third-order valence-corrected chi connectivity index (χ3v) is 7.05. The highest BCUT2D eigenvalue weighted by Crippen LogP contribution is 2.43. The van der Waals surface area contributed by atoms with E-state index in [0.717, 1.165) is 34.0 Å². The zero-order chi connectivity index (χ0) is 26.1. The highest BCUT2D eigenvalue weighted by Gasteiger charge is 2.42. The molecule has 7 heteroatoms. The Hall–Kier alpha value is -3.97. The van der Waals surface area contributed by atoms with Crippen molar-refractivity contribution in [2.75, 3.05) is 10.2 Å². The van der Waals surface area contributed by atoms with Crippen LogP contribution in [0.5, 0.6) is 0 Å². The number of carbonyl (C=O) groups excluding carboxylic acids is 1. The lowest BCUT2D eigenvalue weighted by atomic mass is 10.00. The molecule has 0 saturated carbocycles. The molecule has 1 amide bonds. The van der Waals surface area contributed by atoms with Gasteiger partial charge in [0.1, 0.15) is 6.04 Å². The number of hydrogen-bond donors (Lipinski definition) is 2. The molecule has 1 aliphatic rings. The zero-order valence-electron chi connectivity index (χ0n) is 21.5. The zero-order valence-corrected chi connectivity index (χ0v) is 22.3. The van der Waals surface area contributed by atoms with Crippen LogP contribution in [0.3, 0.4) is 0 Å². The van der Waals surface area contributed by atoms with Crippen molar-refractivity contribution >= 4 is 34.6 Å². The molecule has 0 unspecified atom stereocenters. The van der Waals surface area contributed by atoms with Gasteiger partial charge in [-0.25, -0.2) is 0 Å². The third kappa shape index (κ3) is 4.87. The number of aromatic nitrogens is 2. The molecule has 2 aromatic carbocycles. The van der Waals surface area contributed by atoms with Crippen molar-refractivity contribution in [3.05, 3.63) is 108 Å². The van der Waals surface area contributed by atoms with Gasteiger partial charge in [0.2, 0.25) is 5.91 Å². The van der Waals surface area contributed by atoms with E-state index in [4.69, 9.17) is 12.2 Å². The van der Waals surface area contributed by atoms with Gasteiger partial charge in [0.05, 0.1) is 11.7 Å². The van der Waals surface area contributed by atoms with Crippen molar-refractivity contribution in [1.29, 1.82) is 0 Å². The highest BCUT2D eigenvalue weighted by molar-refractivity contribution is 7.80. The standard InChI is InChI=1S/C30H31N5OS/c1-19(2)29(36)32-24-14-13-23(18-21(24)4)35-28(27(33-30(35)37)25-11-5-6-15-31-25)26-12-8-16-34(26)22-10-7-9-20(3)17-22/h5-19,27-28H,1-4H3,(H,32,36)(H,33,37)/t27-,28-/m0/s1. The Labute approximate surface area is 223 Å². The van der Waals surface area contributed by atoms with Crippen LogP contribution in [-0.2, 0) is 4.79 Å². The van der Waals surface area contributed by atoms with E-state index < -0.39 is 0 Å². The predicted molar refractivity (Wildman–Crippen MR) is 153 cm³/mol. The number of nitrogens with one attached hydrogen (secondary N) is 2. The van der Waals surface area contributed by atoms with Crippen molar-refractivity contribution in [3.8, 4) is 5.69 Å². The smallest absolute Gasteiger partial charge is 0.226 e. The van der Waals surface area contributed by atoms with E-state index in [9.17, 15) is 4.79 Å². The highest BCUT2D eigenvalue weighted by atomic mass is 32.1. The summed E-state index contributed by atoms with van der Waals surface area (Å²) >= 11 is 5.92. The summed E-state index contributed by atoms with van der Waals surface area (Å²) in [6, 6.07) is 24.4. The quantitative estimate of drug-likeness (QED) is 0.300.